The van der Waals surface area contributed by atoms with Crippen molar-refractivity contribution in [1.29, 1.82) is 0 Å². The highest BCUT2D eigenvalue weighted by Crippen LogP contribution is 2.48. The van der Waals surface area contributed by atoms with Gasteiger partial charge in [0.1, 0.15) is 11.2 Å². The number of nitrogens with zero attached hydrogens (tertiary/aromatic N) is 2. The fourth-order valence-corrected chi connectivity index (χ4v) is 5.42. The molecule has 8 heteroatoms. The largest absolute Gasteiger partial charge is 0.330 e. The number of urea groups is 1. The summed E-state index contributed by atoms with van der Waals surface area (Å²) in [6, 6.07) is 11.8. The molecule has 2 heterocycles. The summed E-state index contributed by atoms with van der Waals surface area (Å²) in [5.41, 5.74) is 1.55. The molecule has 1 spiro atoms. The lowest BCUT2D eigenvalue weighted by Crippen LogP contribution is -2.46. The first-order valence-corrected chi connectivity index (χ1v) is 13.1. The summed E-state index contributed by atoms with van der Waals surface area (Å²) in [6.45, 7) is 5.08. The van der Waals surface area contributed by atoms with E-state index in [0.717, 1.165) is 25.7 Å². The van der Waals surface area contributed by atoms with Crippen molar-refractivity contribution in [2.75, 3.05) is 18.1 Å². The number of anilines is 1. The second-order valence-corrected chi connectivity index (χ2v) is 11.9. The maximum atomic E-state index is 15.5. The Bertz CT molecular complexity index is 986. The van der Waals surface area contributed by atoms with E-state index < -0.39 is 10.8 Å². The Morgan fingerprint density at radius 2 is 1.88 bits per heavy atom. The van der Waals surface area contributed by atoms with Gasteiger partial charge in [0.05, 0.1) is 12.1 Å². The Hall–Kier alpha value is -1.64. The maximum Gasteiger partial charge on any atom is 0.323 e. The third-order valence-corrected chi connectivity index (χ3v) is 8.50. The molecule has 172 valence electrons. The number of aromatic nitrogens is 1. The van der Waals surface area contributed by atoms with E-state index in [1.807, 2.05) is 6.07 Å². The zero-order chi connectivity index (χ0) is 23.1. The van der Waals surface area contributed by atoms with Crippen molar-refractivity contribution in [1.82, 2.24) is 10.3 Å². The zero-order valence-electron chi connectivity index (χ0n) is 18.8. The Morgan fingerprint density at radius 3 is 2.47 bits per heavy atom. The van der Waals surface area contributed by atoms with Crippen molar-refractivity contribution in [3.63, 3.8) is 0 Å². The van der Waals surface area contributed by atoms with Crippen molar-refractivity contribution >= 4 is 29.7 Å². The molecule has 1 saturated carbocycles. The number of amides is 2. The van der Waals surface area contributed by atoms with Crippen molar-refractivity contribution < 1.29 is 13.6 Å². The van der Waals surface area contributed by atoms with E-state index in [4.69, 9.17) is 0 Å². The Balaban J connectivity index is 1.59. The molecule has 32 heavy (non-hydrogen) atoms. The van der Waals surface area contributed by atoms with Crippen LogP contribution in [-0.4, -0.2) is 29.8 Å². The quantitative estimate of drug-likeness (QED) is 0.523. The van der Waals surface area contributed by atoms with Gasteiger partial charge in [-0.15, -0.1) is 0 Å². The molecule has 1 aliphatic heterocycles. The molecule has 1 N–H and O–H groups in total. The van der Waals surface area contributed by atoms with Gasteiger partial charge in [0.25, 0.3) is 0 Å². The monoisotopic (exact) mass is 477 g/mol. The van der Waals surface area contributed by atoms with Gasteiger partial charge in [0.15, 0.2) is 5.41 Å². The first-order valence-electron chi connectivity index (χ1n) is 11.1. The van der Waals surface area contributed by atoms with Crippen LogP contribution in [0, 0.1) is 0 Å². The van der Waals surface area contributed by atoms with Gasteiger partial charge in [-0.2, -0.15) is 0 Å². The van der Waals surface area contributed by atoms with Crippen LogP contribution in [0.4, 0.5) is 19.4 Å². The van der Waals surface area contributed by atoms with Gasteiger partial charge >= 0.3 is 6.03 Å². The fraction of sp³-hybridized carbons (Fsp3) is 0.500. The summed E-state index contributed by atoms with van der Waals surface area (Å²) in [5.74, 6) is 0.780. The summed E-state index contributed by atoms with van der Waals surface area (Å²) >= 11 is 0. The minimum absolute atomic E-state index is 0.0698. The highest BCUT2D eigenvalue weighted by Gasteiger charge is 2.47. The van der Waals surface area contributed by atoms with Crippen LogP contribution in [0.3, 0.4) is 0 Å². The highest BCUT2D eigenvalue weighted by atomic mass is 31.1. The van der Waals surface area contributed by atoms with Crippen LogP contribution in [0.15, 0.2) is 42.6 Å². The van der Waals surface area contributed by atoms with Gasteiger partial charge in [-0.1, -0.05) is 48.2 Å². The number of halogens is 2. The molecule has 0 radical (unpaired) electrons. The number of alkyl halides is 2. The van der Waals surface area contributed by atoms with Gasteiger partial charge in [-0.25, -0.2) is 18.6 Å². The number of hydrogen-bond acceptors (Lipinski definition) is 2. The van der Waals surface area contributed by atoms with Crippen LogP contribution >= 0.6 is 17.8 Å². The molecule has 2 amide bonds. The maximum absolute atomic E-state index is 15.5. The minimum atomic E-state index is -1.72. The first kappa shape index (κ1) is 23.5. The zero-order valence-corrected chi connectivity index (χ0v) is 20.9. The van der Waals surface area contributed by atoms with E-state index in [0.29, 0.717) is 18.3 Å². The molecule has 2 fully saturated rings. The standard InChI is InChI=1S/C24H31F2N3OP2/c1-22(25,31)18-13-19(23(2,26)32-3)20(27-14-18)29-15-24(28-21(29)30)11-9-17(10-12-24)16-7-5-4-6-8-16/h4-8,13-14,17,32H,9-12,15,31H2,1-3H3,(H,28,30). The van der Waals surface area contributed by atoms with E-state index in [1.165, 1.54) is 31.7 Å². The van der Waals surface area contributed by atoms with Crippen LogP contribution in [-0.2, 0) is 10.8 Å². The Labute approximate surface area is 192 Å². The highest BCUT2D eigenvalue weighted by molar-refractivity contribution is 7.38. The lowest BCUT2D eigenvalue weighted by molar-refractivity contribution is 0.231. The average molecular weight is 477 g/mol. The van der Waals surface area contributed by atoms with Gasteiger partial charge in [-0.3, -0.25) is 4.90 Å². The van der Waals surface area contributed by atoms with Crippen LogP contribution in [0.25, 0.3) is 0 Å². The normalized spacial score (nSPS) is 27.5. The van der Waals surface area contributed by atoms with Gasteiger partial charge < -0.3 is 5.32 Å². The molecule has 4 nitrogen and oxygen atoms in total. The first-order chi connectivity index (χ1) is 15.0. The number of rotatable bonds is 5. The molecule has 1 saturated heterocycles. The number of hydrogen-bond donors (Lipinski definition) is 1. The number of pyridine rings is 1. The minimum Gasteiger partial charge on any atom is -0.330 e. The number of nitrogens with one attached hydrogen (secondary N) is 1. The van der Waals surface area contributed by atoms with Crippen molar-refractivity contribution in [3.8, 4) is 0 Å². The fourth-order valence-electron chi connectivity index (χ4n) is 4.81. The topological polar surface area (TPSA) is 45.2 Å². The molecule has 0 bridgehead atoms. The van der Waals surface area contributed by atoms with E-state index in [1.54, 1.807) is 11.6 Å². The smallest absolute Gasteiger partial charge is 0.323 e. The summed E-state index contributed by atoms with van der Waals surface area (Å²) in [7, 11) is 2.05. The summed E-state index contributed by atoms with van der Waals surface area (Å²) in [6.07, 6.45) is 5.10. The average Bonchev–Trinajstić information content (AvgIpc) is 3.09. The second-order valence-electron chi connectivity index (χ2n) is 9.41. The van der Waals surface area contributed by atoms with E-state index in [9.17, 15) is 9.18 Å². The lowest BCUT2D eigenvalue weighted by atomic mass is 9.74. The van der Waals surface area contributed by atoms with Crippen LogP contribution in [0.1, 0.15) is 62.1 Å². The third-order valence-electron chi connectivity index (χ3n) is 6.95. The molecule has 4 atom stereocenters. The Morgan fingerprint density at radius 1 is 1.22 bits per heavy atom. The summed E-state index contributed by atoms with van der Waals surface area (Å²) in [4.78, 5) is 19.0. The molecule has 4 unspecified atom stereocenters. The predicted octanol–water partition coefficient (Wildman–Crippen LogP) is 6.18. The van der Waals surface area contributed by atoms with Gasteiger partial charge in [0, 0.05) is 17.3 Å². The molecule has 1 aromatic heterocycles. The molecule has 4 rings (SSSR count). The second kappa shape index (κ2) is 8.61. The molecular formula is C24H31F2N3OP2. The molecule has 2 aromatic rings. The van der Waals surface area contributed by atoms with Crippen molar-refractivity contribution in [2.24, 2.45) is 0 Å². The van der Waals surface area contributed by atoms with Crippen LogP contribution in [0.2, 0.25) is 0 Å². The van der Waals surface area contributed by atoms with E-state index in [2.05, 4.69) is 43.8 Å². The van der Waals surface area contributed by atoms with E-state index in [-0.39, 0.29) is 31.3 Å². The summed E-state index contributed by atoms with van der Waals surface area (Å²) in [5, 5.41) is -0.244. The molecule has 1 aromatic carbocycles. The van der Waals surface area contributed by atoms with Crippen molar-refractivity contribution in [3.05, 3.63) is 59.3 Å². The molecule has 1 aliphatic carbocycles. The number of benzene rings is 1. The number of carbonyl (C=O) groups is 1. The Kier molecular flexibility index (Phi) is 6.33. The lowest BCUT2D eigenvalue weighted by Gasteiger charge is -2.37. The van der Waals surface area contributed by atoms with Gasteiger partial charge in [0.2, 0.25) is 0 Å². The van der Waals surface area contributed by atoms with Crippen LogP contribution < -0.4 is 10.2 Å². The van der Waals surface area contributed by atoms with Crippen LogP contribution in [0.5, 0.6) is 0 Å². The van der Waals surface area contributed by atoms with Crippen molar-refractivity contribution in [2.45, 2.75) is 61.8 Å². The predicted molar refractivity (Wildman–Crippen MR) is 131 cm³/mol. The third kappa shape index (κ3) is 4.54. The SMILES string of the molecule is CPC(C)(F)c1cc(C(C)(F)P)cnc1N1CC2(CCC(c3ccccc3)CC2)NC1=O. The molecule has 2 aliphatic rings. The number of carbonyl (C=O) groups excluding carboxylic acids is 1. The molecular weight excluding hydrogens is 446 g/mol. The van der Waals surface area contributed by atoms with E-state index >= 15 is 4.39 Å². The summed E-state index contributed by atoms with van der Waals surface area (Å²) < 4.78 is 30.1. The van der Waals surface area contributed by atoms with Gasteiger partial charge in [-0.05, 0) is 63.7 Å².